The maximum absolute atomic E-state index is 12.8. The number of hydrogen-bond acceptors (Lipinski definition) is 6. The number of hydrogen-bond donors (Lipinski definition) is 0. The third-order valence-corrected chi connectivity index (χ3v) is 12.9. The van der Waals surface area contributed by atoms with Gasteiger partial charge >= 0.3 is 17.9 Å². The molecule has 0 rings (SSSR count). The average molecular weight is 928 g/mol. The second-order valence-electron chi connectivity index (χ2n) is 19.6. The van der Waals surface area contributed by atoms with E-state index in [9.17, 15) is 14.4 Å². The molecule has 0 saturated heterocycles. The molecule has 0 heterocycles. The van der Waals surface area contributed by atoms with Crippen LogP contribution in [0.1, 0.15) is 310 Å². The summed E-state index contributed by atoms with van der Waals surface area (Å²) in [5.41, 5.74) is 0. The van der Waals surface area contributed by atoms with Crippen molar-refractivity contribution in [3.05, 3.63) is 36.5 Å². The lowest BCUT2D eigenvalue weighted by molar-refractivity contribution is -0.167. The van der Waals surface area contributed by atoms with Gasteiger partial charge in [0.05, 0.1) is 0 Å². The van der Waals surface area contributed by atoms with Crippen molar-refractivity contribution in [2.75, 3.05) is 13.2 Å². The van der Waals surface area contributed by atoms with Crippen molar-refractivity contribution in [2.45, 2.75) is 316 Å². The monoisotopic (exact) mass is 927 g/mol. The van der Waals surface area contributed by atoms with Crippen LogP contribution < -0.4 is 0 Å². The standard InChI is InChI=1S/C60H110O6/c1-4-7-10-13-16-19-22-25-27-29-30-32-33-35-38-41-44-47-50-53-59(62)65-56-57(55-64-58(61)52-49-46-43-40-37-24-21-18-15-12-9-6-3)66-60(63)54-51-48-45-42-39-36-34-31-28-26-23-20-17-14-11-8-5-2/h17,20,26,28,34,36,57H,4-16,18-19,21-25,27,29-33,35,37-56H2,1-3H3/b20-17-,28-26-,36-34-/t57-/m1/s1. The van der Waals surface area contributed by atoms with E-state index >= 15 is 0 Å². The third kappa shape index (κ3) is 52.6. The molecule has 0 aliphatic carbocycles. The Morgan fingerprint density at radius 1 is 0.303 bits per heavy atom. The van der Waals surface area contributed by atoms with Gasteiger partial charge in [-0.1, -0.05) is 269 Å². The van der Waals surface area contributed by atoms with Gasteiger partial charge in [-0.2, -0.15) is 0 Å². The summed E-state index contributed by atoms with van der Waals surface area (Å²) in [7, 11) is 0. The van der Waals surface area contributed by atoms with Gasteiger partial charge in [0, 0.05) is 19.3 Å². The highest BCUT2D eigenvalue weighted by Crippen LogP contribution is 2.17. The lowest BCUT2D eigenvalue weighted by Crippen LogP contribution is -2.30. The smallest absolute Gasteiger partial charge is 0.306 e. The Kier molecular flexibility index (Phi) is 53.2. The summed E-state index contributed by atoms with van der Waals surface area (Å²) in [5.74, 6) is -0.880. The van der Waals surface area contributed by atoms with Crippen LogP contribution in [0, 0.1) is 0 Å². The predicted octanol–water partition coefficient (Wildman–Crippen LogP) is 19.3. The number of allylic oxidation sites excluding steroid dienone is 6. The van der Waals surface area contributed by atoms with Gasteiger partial charge in [-0.3, -0.25) is 14.4 Å². The Labute approximate surface area is 410 Å². The molecule has 0 radical (unpaired) electrons. The Morgan fingerprint density at radius 2 is 0.545 bits per heavy atom. The van der Waals surface area contributed by atoms with Crippen molar-refractivity contribution in [3.8, 4) is 0 Å². The van der Waals surface area contributed by atoms with Crippen LogP contribution in [0.15, 0.2) is 36.5 Å². The Balaban J connectivity index is 4.34. The van der Waals surface area contributed by atoms with Crippen molar-refractivity contribution in [1.82, 2.24) is 0 Å². The van der Waals surface area contributed by atoms with Crippen LogP contribution in [-0.4, -0.2) is 37.2 Å². The van der Waals surface area contributed by atoms with Crippen molar-refractivity contribution in [1.29, 1.82) is 0 Å². The van der Waals surface area contributed by atoms with E-state index in [-0.39, 0.29) is 31.1 Å². The molecule has 0 unspecified atom stereocenters. The fourth-order valence-corrected chi connectivity index (χ4v) is 8.51. The van der Waals surface area contributed by atoms with E-state index in [1.165, 1.54) is 186 Å². The Morgan fingerprint density at radius 3 is 0.879 bits per heavy atom. The van der Waals surface area contributed by atoms with Crippen molar-refractivity contribution < 1.29 is 28.6 Å². The number of carbonyl (C=O) groups excluding carboxylic acids is 3. The Bertz CT molecular complexity index is 1110. The number of unbranched alkanes of at least 4 members (excludes halogenated alkanes) is 36. The summed E-state index contributed by atoms with van der Waals surface area (Å²) in [6.07, 6.45) is 65.6. The molecule has 0 amide bonds. The van der Waals surface area contributed by atoms with Gasteiger partial charge in [0.1, 0.15) is 13.2 Å². The molecular formula is C60H110O6. The fraction of sp³-hybridized carbons (Fsp3) is 0.850. The highest BCUT2D eigenvalue weighted by Gasteiger charge is 2.19. The van der Waals surface area contributed by atoms with Crippen LogP contribution in [0.2, 0.25) is 0 Å². The van der Waals surface area contributed by atoms with Crippen molar-refractivity contribution in [3.63, 3.8) is 0 Å². The van der Waals surface area contributed by atoms with Crippen molar-refractivity contribution in [2.24, 2.45) is 0 Å². The van der Waals surface area contributed by atoms with Crippen LogP contribution in [0.3, 0.4) is 0 Å². The van der Waals surface area contributed by atoms with Crippen LogP contribution in [0.4, 0.5) is 0 Å². The maximum atomic E-state index is 12.8. The van der Waals surface area contributed by atoms with E-state index in [0.717, 1.165) is 83.5 Å². The highest BCUT2D eigenvalue weighted by atomic mass is 16.6. The molecular weight excluding hydrogens is 817 g/mol. The quantitative estimate of drug-likeness (QED) is 0.0262. The normalized spacial score (nSPS) is 12.2. The average Bonchev–Trinajstić information content (AvgIpc) is 3.31. The molecule has 0 N–H and O–H groups in total. The lowest BCUT2D eigenvalue weighted by Gasteiger charge is -2.18. The summed E-state index contributed by atoms with van der Waals surface area (Å²) < 4.78 is 16.9. The SMILES string of the molecule is CCCCC/C=C\C/C=C\C/C=C\CCCCCCC(=O)O[C@H](COC(=O)CCCCCCCCCCCCCC)COC(=O)CCCCCCCCCCCCCCCCCCCCC. The largest absolute Gasteiger partial charge is 0.462 e. The molecule has 386 valence electrons. The minimum atomic E-state index is -0.779. The van der Waals surface area contributed by atoms with E-state index in [2.05, 4.69) is 57.2 Å². The molecule has 1 atom stereocenters. The summed E-state index contributed by atoms with van der Waals surface area (Å²) >= 11 is 0. The first-order chi connectivity index (χ1) is 32.5. The van der Waals surface area contributed by atoms with E-state index in [1.54, 1.807) is 0 Å². The molecule has 6 nitrogen and oxygen atoms in total. The second-order valence-corrected chi connectivity index (χ2v) is 19.6. The van der Waals surface area contributed by atoms with E-state index < -0.39 is 6.10 Å². The number of ether oxygens (including phenoxy) is 3. The molecule has 0 aromatic heterocycles. The molecule has 0 bridgehead atoms. The van der Waals surface area contributed by atoms with E-state index in [4.69, 9.17) is 14.2 Å². The molecule has 0 aromatic rings. The Hall–Kier alpha value is -2.37. The third-order valence-electron chi connectivity index (χ3n) is 12.9. The van der Waals surface area contributed by atoms with E-state index in [1.807, 2.05) is 0 Å². The van der Waals surface area contributed by atoms with Crippen LogP contribution in [0.25, 0.3) is 0 Å². The summed E-state index contributed by atoms with van der Waals surface area (Å²) in [5, 5.41) is 0. The van der Waals surface area contributed by atoms with Crippen molar-refractivity contribution >= 4 is 17.9 Å². The first kappa shape index (κ1) is 63.6. The van der Waals surface area contributed by atoms with Gasteiger partial charge in [-0.25, -0.2) is 0 Å². The molecule has 6 heteroatoms. The summed E-state index contributed by atoms with van der Waals surface area (Å²) in [4.78, 5) is 38.1. The molecule has 0 fully saturated rings. The van der Waals surface area contributed by atoms with Crippen LogP contribution in [0.5, 0.6) is 0 Å². The fourth-order valence-electron chi connectivity index (χ4n) is 8.51. The van der Waals surface area contributed by atoms with Gasteiger partial charge in [0.15, 0.2) is 6.10 Å². The zero-order valence-electron chi connectivity index (χ0n) is 44.2. The zero-order valence-corrected chi connectivity index (χ0v) is 44.2. The van der Waals surface area contributed by atoms with Gasteiger partial charge < -0.3 is 14.2 Å². The van der Waals surface area contributed by atoms with Gasteiger partial charge in [-0.15, -0.1) is 0 Å². The predicted molar refractivity (Wildman–Crippen MR) is 284 cm³/mol. The zero-order chi connectivity index (χ0) is 47.9. The lowest BCUT2D eigenvalue weighted by atomic mass is 10.0. The number of rotatable bonds is 53. The van der Waals surface area contributed by atoms with Gasteiger partial charge in [0.2, 0.25) is 0 Å². The summed E-state index contributed by atoms with van der Waals surface area (Å²) in [6, 6.07) is 0. The minimum absolute atomic E-state index is 0.0765. The van der Waals surface area contributed by atoms with Crippen LogP contribution >= 0.6 is 0 Å². The first-order valence-electron chi connectivity index (χ1n) is 29.0. The number of esters is 3. The molecule has 0 aliphatic heterocycles. The molecule has 0 aromatic carbocycles. The minimum Gasteiger partial charge on any atom is -0.462 e. The number of carbonyl (C=O) groups is 3. The maximum Gasteiger partial charge on any atom is 0.306 e. The molecule has 0 spiro atoms. The molecule has 0 aliphatic rings. The topological polar surface area (TPSA) is 78.9 Å². The van der Waals surface area contributed by atoms with Crippen LogP contribution in [-0.2, 0) is 28.6 Å². The molecule has 66 heavy (non-hydrogen) atoms. The van der Waals surface area contributed by atoms with Gasteiger partial charge in [0.25, 0.3) is 0 Å². The summed E-state index contributed by atoms with van der Waals surface area (Å²) in [6.45, 7) is 6.63. The molecule has 0 saturated carbocycles. The van der Waals surface area contributed by atoms with E-state index in [0.29, 0.717) is 19.3 Å². The van der Waals surface area contributed by atoms with Gasteiger partial charge in [-0.05, 0) is 57.8 Å². The second kappa shape index (κ2) is 55.2. The first-order valence-corrected chi connectivity index (χ1v) is 29.0. The highest BCUT2D eigenvalue weighted by molar-refractivity contribution is 5.71.